The normalized spacial score (nSPS) is 11.1. The topological polar surface area (TPSA) is 57.3 Å². The van der Waals surface area contributed by atoms with Gasteiger partial charge in [0.2, 0.25) is 0 Å². The Morgan fingerprint density at radius 1 is 0.963 bits per heavy atom. The third-order valence-corrected chi connectivity index (χ3v) is 5.14. The zero-order valence-electron chi connectivity index (χ0n) is 15.9. The van der Waals surface area contributed by atoms with E-state index in [0.29, 0.717) is 22.3 Å². The summed E-state index contributed by atoms with van der Waals surface area (Å²) in [5.74, 6) is -0.619. The maximum Gasteiger partial charge on any atom is 0.444 e. The molecule has 5 nitrogen and oxygen atoms in total. The molecular formula is C20H28Cl2N2O3. The van der Waals surface area contributed by atoms with Crippen molar-refractivity contribution in [3.63, 3.8) is 0 Å². The molecule has 0 spiro atoms. The van der Waals surface area contributed by atoms with Crippen molar-refractivity contribution in [1.82, 2.24) is 9.78 Å². The average molecular weight is 415 g/mol. The number of benzene rings is 1. The zero-order valence-corrected chi connectivity index (χ0v) is 17.4. The SMILES string of the molecule is CCCCCCCCCCCCOc1nn(-c2ccc(Cl)c(Cl)c2)c(=O)o1. The lowest BCUT2D eigenvalue weighted by Crippen LogP contribution is -2.13. The van der Waals surface area contributed by atoms with Crippen LogP contribution in [0, 0.1) is 0 Å². The Hall–Kier alpha value is -1.46. The van der Waals surface area contributed by atoms with Crippen molar-refractivity contribution >= 4 is 23.2 Å². The van der Waals surface area contributed by atoms with Gasteiger partial charge in [-0.1, -0.05) is 93.0 Å². The van der Waals surface area contributed by atoms with E-state index in [1.165, 1.54) is 51.4 Å². The van der Waals surface area contributed by atoms with Crippen LogP contribution in [0.4, 0.5) is 0 Å². The molecule has 2 aromatic rings. The molecule has 7 heteroatoms. The van der Waals surface area contributed by atoms with Crippen LogP contribution in [0.5, 0.6) is 6.08 Å². The maximum atomic E-state index is 11.9. The van der Waals surface area contributed by atoms with Crippen molar-refractivity contribution in [1.29, 1.82) is 0 Å². The Bertz CT molecular complexity index is 743. The van der Waals surface area contributed by atoms with Gasteiger partial charge < -0.3 is 9.15 Å². The first-order valence-electron chi connectivity index (χ1n) is 9.80. The lowest BCUT2D eigenvalue weighted by atomic mass is 10.1. The second-order valence-corrected chi connectivity index (χ2v) is 7.49. The zero-order chi connectivity index (χ0) is 19.5. The molecule has 0 bridgehead atoms. The Morgan fingerprint density at radius 3 is 2.22 bits per heavy atom. The highest BCUT2D eigenvalue weighted by molar-refractivity contribution is 6.42. The van der Waals surface area contributed by atoms with Gasteiger partial charge in [0, 0.05) is 0 Å². The highest BCUT2D eigenvalue weighted by Crippen LogP contribution is 2.24. The molecule has 0 fully saturated rings. The Kier molecular flexibility index (Phi) is 9.78. The summed E-state index contributed by atoms with van der Waals surface area (Å²) in [6.45, 7) is 2.73. The van der Waals surface area contributed by atoms with Crippen molar-refractivity contribution in [3.05, 3.63) is 38.8 Å². The molecule has 0 aliphatic rings. The highest BCUT2D eigenvalue weighted by atomic mass is 35.5. The second kappa shape index (κ2) is 12.1. The number of hydrogen-bond acceptors (Lipinski definition) is 4. The third-order valence-electron chi connectivity index (χ3n) is 4.40. The second-order valence-electron chi connectivity index (χ2n) is 6.67. The van der Waals surface area contributed by atoms with Gasteiger partial charge in [0.15, 0.2) is 0 Å². The first kappa shape index (κ1) is 21.8. The van der Waals surface area contributed by atoms with Gasteiger partial charge in [0.25, 0.3) is 0 Å². The van der Waals surface area contributed by atoms with E-state index in [9.17, 15) is 4.79 Å². The van der Waals surface area contributed by atoms with Gasteiger partial charge in [-0.3, -0.25) is 0 Å². The summed E-state index contributed by atoms with van der Waals surface area (Å²) >= 11 is 11.9. The van der Waals surface area contributed by atoms with Gasteiger partial charge >= 0.3 is 11.8 Å². The van der Waals surface area contributed by atoms with Crippen LogP contribution < -0.4 is 10.5 Å². The first-order chi connectivity index (χ1) is 13.1. The lowest BCUT2D eigenvalue weighted by Gasteiger charge is -2.03. The summed E-state index contributed by atoms with van der Waals surface area (Å²) in [5, 5.41) is 4.80. The quantitative estimate of drug-likeness (QED) is 0.354. The minimum atomic E-state index is -0.619. The Labute approximate surface area is 170 Å². The molecule has 1 aromatic carbocycles. The van der Waals surface area contributed by atoms with Crippen LogP contribution in [0.15, 0.2) is 27.4 Å². The molecule has 27 heavy (non-hydrogen) atoms. The predicted molar refractivity (Wildman–Crippen MR) is 109 cm³/mol. The van der Waals surface area contributed by atoms with E-state index >= 15 is 0 Å². The van der Waals surface area contributed by atoms with Crippen LogP contribution in [0.1, 0.15) is 71.1 Å². The summed E-state index contributed by atoms with van der Waals surface area (Å²) < 4.78 is 11.6. The van der Waals surface area contributed by atoms with Gasteiger partial charge in [-0.25, -0.2) is 4.79 Å². The van der Waals surface area contributed by atoms with Gasteiger partial charge in [0.1, 0.15) is 0 Å². The number of hydrogen-bond donors (Lipinski definition) is 0. The molecule has 150 valence electrons. The van der Waals surface area contributed by atoms with E-state index in [1.807, 2.05) is 0 Å². The maximum absolute atomic E-state index is 11.9. The summed E-state index contributed by atoms with van der Waals surface area (Å²) in [4.78, 5) is 11.9. The highest BCUT2D eigenvalue weighted by Gasteiger charge is 2.12. The standard InChI is InChI=1S/C20H28Cl2N2O3/c1-2-3-4-5-6-7-8-9-10-11-14-26-19-23-24(20(25)27-19)16-12-13-17(21)18(22)15-16/h12-13,15H,2-11,14H2,1H3. The van der Waals surface area contributed by atoms with E-state index in [0.717, 1.165) is 17.5 Å². The summed E-state index contributed by atoms with van der Waals surface area (Å²) in [5.41, 5.74) is 0.479. The van der Waals surface area contributed by atoms with Gasteiger partial charge in [-0.05, 0) is 24.6 Å². The van der Waals surface area contributed by atoms with Crippen molar-refractivity contribution < 1.29 is 9.15 Å². The summed E-state index contributed by atoms with van der Waals surface area (Å²) in [6.07, 6.45) is 12.5. The molecule has 0 saturated heterocycles. The van der Waals surface area contributed by atoms with E-state index in [2.05, 4.69) is 12.0 Å². The van der Waals surface area contributed by atoms with Gasteiger partial charge in [0.05, 0.1) is 22.3 Å². The fraction of sp³-hybridized carbons (Fsp3) is 0.600. The average Bonchev–Trinajstić information content (AvgIpc) is 3.02. The summed E-state index contributed by atoms with van der Waals surface area (Å²) in [6, 6.07) is 4.80. The van der Waals surface area contributed by atoms with Crippen LogP contribution in [0.25, 0.3) is 5.69 Å². The molecule has 0 aliphatic heterocycles. The Balaban J connectivity index is 1.64. The summed E-state index contributed by atoms with van der Waals surface area (Å²) in [7, 11) is 0. The van der Waals surface area contributed by atoms with Crippen molar-refractivity contribution in [3.8, 4) is 11.8 Å². The molecule has 0 aliphatic carbocycles. The smallest absolute Gasteiger partial charge is 0.444 e. The van der Waals surface area contributed by atoms with E-state index in [-0.39, 0.29) is 6.08 Å². The number of aromatic nitrogens is 2. The molecule has 1 heterocycles. The van der Waals surface area contributed by atoms with Crippen molar-refractivity contribution in [2.45, 2.75) is 71.1 Å². The minimum Gasteiger partial charge on any atom is -0.449 e. The van der Waals surface area contributed by atoms with Crippen LogP contribution in [0.3, 0.4) is 0 Å². The molecule has 0 radical (unpaired) electrons. The monoisotopic (exact) mass is 414 g/mol. The lowest BCUT2D eigenvalue weighted by molar-refractivity contribution is 0.219. The van der Waals surface area contributed by atoms with Crippen LogP contribution in [0.2, 0.25) is 10.0 Å². The number of ether oxygens (including phenoxy) is 1. The van der Waals surface area contributed by atoms with Crippen molar-refractivity contribution in [2.24, 2.45) is 0 Å². The van der Waals surface area contributed by atoms with Gasteiger partial charge in [-0.15, -0.1) is 0 Å². The molecule has 0 N–H and O–H groups in total. The minimum absolute atomic E-state index is 0.0259. The molecule has 0 saturated carbocycles. The molecule has 0 unspecified atom stereocenters. The van der Waals surface area contributed by atoms with Crippen LogP contribution in [-0.2, 0) is 0 Å². The third kappa shape index (κ3) is 7.59. The molecule has 1 aromatic heterocycles. The number of unbranched alkanes of at least 4 members (excludes halogenated alkanes) is 9. The van der Waals surface area contributed by atoms with E-state index in [4.69, 9.17) is 32.4 Å². The van der Waals surface area contributed by atoms with E-state index < -0.39 is 5.76 Å². The fourth-order valence-corrected chi connectivity index (χ4v) is 3.14. The van der Waals surface area contributed by atoms with Crippen LogP contribution >= 0.6 is 23.2 Å². The number of rotatable bonds is 13. The molecule has 0 amide bonds. The predicted octanol–water partition coefficient (Wildman–Crippen LogP) is 6.43. The van der Waals surface area contributed by atoms with Gasteiger partial charge in [-0.2, -0.15) is 4.68 Å². The molecular weight excluding hydrogens is 387 g/mol. The largest absolute Gasteiger partial charge is 0.449 e. The fourth-order valence-electron chi connectivity index (χ4n) is 2.85. The first-order valence-corrected chi connectivity index (χ1v) is 10.6. The molecule has 2 rings (SSSR count). The number of nitrogens with zero attached hydrogens (tertiary/aromatic N) is 2. The molecule has 0 atom stereocenters. The van der Waals surface area contributed by atoms with E-state index in [1.54, 1.807) is 18.2 Å². The Morgan fingerprint density at radius 2 is 1.59 bits per heavy atom. The number of halogens is 2. The van der Waals surface area contributed by atoms with Crippen LogP contribution in [-0.4, -0.2) is 16.4 Å². The van der Waals surface area contributed by atoms with Crippen molar-refractivity contribution in [2.75, 3.05) is 6.61 Å².